The van der Waals surface area contributed by atoms with Crippen molar-refractivity contribution in [1.29, 1.82) is 0 Å². The number of carbonyl (C=O) groups excluding carboxylic acids is 3. The summed E-state index contributed by atoms with van der Waals surface area (Å²) >= 11 is 0. The zero-order valence-electron chi connectivity index (χ0n) is 28.5. The summed E-state index contributed by atoms with van der Waals surface area (Å²) < 4.78 is 5.56. The molecule has 7 heteroatoms. The Balaban J connectivity index is 2.08. The maximum Gasteiger partial charge on any atom is 0.408 e. The molecule has 0 radical (unpaired) electrons. The van der Waals surface area contributed by atoms with E-state index in [2.05, 4.69) is 17.6 Å². The van der Waals surface area contributed by atoms with Crippen LogP contribution in [0.25, 0.3) is 10.8 Å². The zero-order chi connectivity index (χ0) is 33.1. The number of ether oxygens (including phenoxy) is 1. The lowest BCUT2D eigenvalue weighted by Crippen LogP contribution is -2.55. The summed E-state index contributed by atoms with van der Waals surface area (Å²) in [5.74, 6) is -0.762. The fourth-order valence-corrected chi connectivity index (χ4v) is 5.53. The van der Waals surface area contributed by atoms with E-state index in [0.717, 1.165) is 59.6 Å². The van der Waals surface area contributed by atoms with Crippen LogP contribution in [0.4, 0.5) is 10.5 Å². The van der Waals surface area contributed by atoms with E-state index < -0.39 is 23.8 Å². The van der Waals surface area contributed by atoms with Crippen molar-refractivity contribution >= 4 is 34.4 Å². The van der Waals surface area contributed by atoms with Gasteiger partial charge in [-0.25, -0.2) is 4.79 Å². The number of hydrogen-bond acceptors (Lipinski definition) is 4. The second-order valence-electron chi connectivity index (χ2n) is 13.3. The summed E-state index contributed by atoms with van der Waals surface area (Å²) in [4.78, 5) is 43.8. The molecule has 0 bridgehead atoms. The Labute approximate surface area is 270 Å². The predicted molar refractivity (Wildman–Crippen MR) is 184 cm³/mol. The van der Waals surface area contributed by atoms with Crippen LogP contribution in [0.2, 0.25) is 0 Å². The third-order valence-corrected chi connectivity index (χ3v) is 8.24. The lowest BCUT2D eigenvalue weighted by atomic mass is 9.93. The normalized spacial score (nSPS) is 13.5. The van der Waals surface area contributed by atoms with E-state index in [4.69, 9.17) is 4.74 Å². The standard InChI is InChI=1S/C38H53N3O4/c1-9-11-12-13-16-23-41(36(43)33(27(4)10-2)40-37(44)45-38(6,7)8)34(32-24-26(3)19-20-28(32)5)35(42)39-31-22-21-29-17-14-15-18-30(29)25-31/h14-15,17-22,24-25,27,33-34H,9-13,16,23H2,1-8H3,(H,39,42)(H,40,44). The molecule has 0 saturated heterocycles. The van der Waals surface area contributed by atoms with Crippen LogP contribution in [0.15, 0.2) is 60.7 Å². The largest absolute Gasteiger partial charge is 0.444 e. The van der Waals surface area contributed by atoms with Crippen molar-refractivity contribution in [2.24, 2.45) is 5.92 Å². The van der Waals surface area contributed by atoms with Crippen LogP contribution in [0.3, 0.4) is 0 Å². The Morgan fingerprint density at radius 1 is 0.867 bits per heavy atom. The van der Waals surface area contributed by atoms with Gasteiger partial charge in [0.2, 0.25) is 5.91 Å². The number of hydrogen-bond donors (Lipinski definition) is 2. The molecule has 0 saturated carbocycles. The Bertz CT molecular complexity index is 1440. The van der Waals surface area contributed by atoms with Gasteiger partial charge in [-0.1, -0.05) is 107 Å². The highest BCUT2D eigenvalue weighted by atomic mass is 16.6. The molecule has 0 fully saturated rings. The van der Waals surface area contributed by atoms with Crippen LogP contribution in [-0.4, -0.2) is 41.0 Å². The second-order valence-corrected chi connectivity index (χ2v) is 13.3. The SMILES string of the molecule is CCCCCCCN(C(=O)C(NC(=O)OC(C)(C)C)C(C)CC)C(C(=O)Nc1ccc2ccccc2c1)c1cc(C)ccc1C. The van der Waals surface area contributed by atoms with Crippen molar-refractivity contribution in [2.45, 2.75) is 112 Å². The first-order valence-corrected chi connectivity index (χ1v) is 16.5. The lowest BCUT2D eigenvalue weighted by molar-refractivity contribution is -0.142. The number of amides is 3. The average molecular weight is 616 g/mol. The highest BCUT2D eigenvalue weighted by Gasteiger charge is 2.38. The molecular weight excluding hydrogens is 562 g/mol. The minimum Gasteiger partial charge on any atom is -0.444 e. The van der Waals surface area contributed by atoms with Crippen LogP contribution in [0.1, 0.15) is 103 Å². The molecule has 244 valence electrons. The zero-order valence-corrected chi connectivity index (χ0v) is 28.5. The molecule has 3 amide bonds. The lowest BCUT2D eigenvalue weighted by Gasteiger charge is -2.36. The minimum absolute atomic E-state index is 0.185. The fourth-order valence-electron chi connectivity index (χ4n) is 5.53. The van der Waals surface area contributed by atoms with Crippen LogP contribution in [0.5, 0.6) is 0 Å². The number of carbonyl (C=O) groups is 3. The third-order valence-electron chi connectivity index (χ3n) is 8.24. The molecule has 0 spiro atoms. The molecule has 3 rings (SSSR count). The first-order chi connectivity index (χ1) is 21.3. The summed E-state index contributed by atoms with van der Waals surface area (Å²) in [6.45, 7) is 15.8. The summed E-state index contributed by atoms with van der Waals surface area (Å²) in [6.07, 6.45) is 4.99. The first-order valence-electron chi connectivity index (χ1n) is 16.5. The third kappa shape index (κ3) is 10.3. The number of nitrogens with zero attached hydrogens (tertiary/aromatic N) is 1. The van der Waals surface area contributed by atoms with Gasteiger partial charge < -0.3 is 20.3 Å². The van der Waals surface area contributed by atoms with Crippen LogP contribution < -0.4 is 10.6 Å². The van der Waals surface area contributed by atoms with Gasteiger partial charge in [0, 0.05) is 12.2 Å². The fraction of sp³-hybridized carbons (Fsp3) is 0.500. The van der Waals surface area contributed by atoms with E-state index >= 15 is 0 Å². The van der Waals surface area contributed by atoms with Crippen LogP contribution >= 0.6 is 0 Å². The number of unbranched alkanes of at least 4 members (excludes halogenated alkanes) is 4. The Morgan fingerprint density at radius 2 is 1.56 bits per heavy atom. The van der Waals surface area contributed by atoms with Gasteiger partial charge in [-0.2, -0.15) is 0 Å². The molecule has 3 aromatic rings. The topological polar surface area (TPSA) is 87.7 Å². The highest BCUT2D eigenvalue weighted by Crippen LogP contribution is 2.30. The second kappa shape index (κ2) is 16.4. The smallest absolute Gasteiger partial charge is 0.408 e. The molecule has 3 atom stereocenters. The monoisotopic (exact) mass is 615 g/mol. The number of anilines is 1. The predicted octanol–water partition coefficient (Wildman–Crippen LogP) is 8.87. The van der Waals surface area contributed by atoms with Gasteiger partial charge >= 0.3 is 6.09 Å². The number of alkyl carbamates (subject to hydrolysis) is 1. The molecule has 0 aliphatic rings. The van der Waals surface area contributed by atoms with Crippen molar-refractivity contribution in [3.05, 3.63) is 77.4 Å². The molecule has 0 aromatic heterocycles. The van der Waals surface area contributed by atoms with E-state index in [-0.39, 0.29) is 17.7 Å². The Hall–Kier alpha value is -3.87. The van der Waals surface area contributed by atoms with E-state index in [1.807, 2.05) is 88.4 Å². The molecular formula is C38H53N3O4. The molecule has 0 heterocycles. The number of benzene rings is 3. The molecule has 3 aromatic carbocycles. The molecule has 7 nitrogen and oxygen atoms in total. The van der Waals surface area contributed by atoms with Gasteiger partial charge in [-0.3, -0.25) is 9.59 Å². The molecule has 0 aliphatic carbocycles. The van der Waals surface area contributed by atoms with Crippen molar-refractivity contribution in [2.75, 3.05) is 11.9 Å². The molecule has 0 aliphatic heterocycles. The Kier molecular flexibility index (Phi) is 13.0. The van der Waals surface area contributed by atoms with Crippen molar-refractivity contribution in [3.63, 3.8) is 0 Å². The van der Waals surface area contributed by atoms with Gasteiger partial charge in [-0.05, 0) is 81.0 Å². The summed E-state index contributed by atoms with van der Waals surface area (Å²) in [5, 5.41) is 8.10. The number of fused-ring (bicyclic) bond motifs is 1. The minimum atomic E-state index is -0.901. The van der Waals surface area contributed by atoms with Crippen molar-refractivity contribution in [3.8, 4) is 0 Å². The van der Waals surface area contributed by atoms with E-state index in [1.54, 1.807) is 25.7 Å². The summed E-state index contributed by atoms with van der Waals surface area (Å²) in [7, 11) is 0. The molecule has 45 heavy (non-hydrogen) atoms. The maximum atomic E-state index is 14.7. The van der Waals surface area contributed by atoms with Crippen molar-refractivity contribution < 1.29 is 19.1 Å². The number of aryl methyl sites for hydroxylation is 2. The van der Waals surface area contributed by atoms with E-state index in [0.29, 0.717) is 18.7 Å². The molecule has 3 unspecified atom stereocenters. The van der Waals surface area contributed by atoms with Crippen LogP contribution in [0, 0.1) is 19.8 Å². The Morgan fingerprint density at radius 3 is 2.22 bits per heavy atom. The van der Waals surface area contributed by atoms with Crippen molar-refractivity contribution in [1.82, 2.24) is 10.2 Å². The number of nitrogens with one attached hydrogen (secondary N) is 2. The van der Waals surface area contributed by atoms with E-state index in [1.165, 1.54) is 0 Å². The summed E-state index contributed by atoms with van der Waals surface area (Å²) in [5.41, 5.74) is 2.64. The van der Waals surface area contributed by atoms with Crippen LogP contribution in [-0.2, 0) is 14.3 Å². The molecule has 2 N–H and O–H groups in total. The summed E-state index contributed by atoms with van der Waals surface area (Å²) in [6, 6.07) is 18.1. The average Bonchev–Trinajstić information content (AvgIpc) is 2.99. The quantitative estimate of drug-likeness (QED) is 0.177. The van der Waals surface area contributed by atoms with Gasteiger partial charge in [0.25, 0.3) is 5.91 Å². The van der Waals surface area contributed by atoms with Gasteiger partial charge in [0.05, 0.1) is 0 Å². The maximum absolute atomic E-state index is 14.7. The van der Waals surface area contributed by atoms with Gasteiger partial charge in [-0.15, -0.1) is 0 Å². The highest BCUT2D eigenvalue weighted by molar-refractivity contribution is 6.00. The number of rotatable bonds is 14. The van der Waals surface area contributed by atoms with Gasteiger partial charge in [0.1, 0.15) is 17.7 Å². The van der Waals surface area contributed by atoms with E-state index in [9.17, 15) is 14.4 Å². The first kappa shape index (κ1) is 35.6. The van der Waals surface area contributed by atoms with Gasteiger partial charge in [0.15, 0.2) is 0 Å².